The molecule has 112 valence electrons. The normalized spacial score (nSPS) is 13.1. The van der Waals surface area contributed by atoms with E-state index in [0.29, 0.717) is 5.92 Å². The third kappa shape index (κ3) is 5.64. The van der Waals surface area contributed by atoms with E-state index in [-0.39, 0.29) is 5.54 Å². The molecule has 2 rings (SSSR count). The second-order valence-electron chi connectivity index (χ2n) is 6.57. The summed E-state index contributed by atoms with van der Waals surface area (Å²) in [5.41, 5.74) is 2.91. The van der Waals surface area contributed by atoms with E-state index in [0.717, 1.165) is 17.4 Å². The molecule has 2 aromatic carbocycles. The summed E-state index contributed by atoms with van der Waals surface area (Å²) in [4.78, 5) is 0. The first-order valence-electron chi connectivity index (χ1n) is 7.48. The maximum absolute atomic E-state index is 3.64. The summed E-state index contributed by atoms with van der Waals surface area (Å²) in [6, 6.07) is 19.4. The summed E-state index contributed by atoms with van der Waals surface area (Å²) in [5.74, 6) is 0.486. The molecule has 0 amide bonds. The Kier molecular flexibility index (Phi) is 5.60. The van der Waals surface area contributed by atoms with Crippen molar-refractivity contribution in [1.29, 1.82) is 0 Å². The lowest BCUT2D eigenvalue weighted by molar-refractivity contribution is 0.405. The van der Waals surface area contributed by atoms with Gasteiger partial charge in [-0.3, -0.25) is 0 Å². The third-order valence-corrected chi connectivity index (χ3v) is 4.01. The lowest BCUT2D eigenvalue weighted by atomic mass is 9.91. The Morgan fingerprint density at radius 2 is 1.71 bits per heavy atom. The van der Waals surface area contributed by atoms with Crippen LogP contribution in [0.15, 0.2) is 59.1 Å². The highest BCUT2D eigenvalue weighted by molar-refractivity contribution is 9.10. The van der Waals surface area contributed by atoms with Crippen LogP contribution in [-0.2, 0) is 6.42 Å². The first-order valence-corrected chi connectivity index (χ1v) is 8.28. The molecule has 0 bridgehead atoms. The van der Waals surface area contributed by atoms with Crippen LogP contribution >= 0.6 is 15.9 Å². The van der Waals surface area contributed by atoms with Crippen LogP contribution in [0.25, 0.3) is 0 Å². The number of benzene rings is 2. The molecule has 0 saturated carbocycles. The van der Waals surface area contributed by atoms with Crippen molar-refractivity contribution in [2.45, 2.75) is 38.6 Å². The van der Waals surface area contributed by atoms with E-state index in [9.17, 15) is 0 Å². The van der Waals surface area contributed by atoms with Gasteiger partial charge >= 0.3 is 0 Å². The molecule has 0 fully saturated rings. The van der Waals surface area contributed by atoms with E-state index in [2.05, 4.69) is 96.6 Å². The Labute approximate surface area is 136 Å². The van der Waals surface area contributed by atoms with Gasteiger partial charge in [-0.25, -0.2) is 0 Å². The minimum Gasteiger partial charge on any atom is -0.311 e. The Morgan fingerprint density at radius 1 is 1.00 bits per heavy atom. The summed E-state index contributed by atoms with van der Waals surface area (Å²) >= 11 is 3.56. The molecule has 21 heavy (non-hydrogen) atoms. The molecule has 0 spiro atoms. The van der Waals surface area contributed by atoms with Crippen LogP contribution in [-0.4, -0.2) is 12.1 Å². The van der Waals surface area contributed by atoms with Crippen LogP contribution in [0.3, 0.4) is 0 Å². The average molecular weight is 346 g/mol. The third-order valence-electron chi connectivity index (χ3n) is 3.52. The van der Waals surface area contributed by atoms with Gasteiger partial charge in [0.05, 0.1) is 0 Å². The molecule has 0 heterocycles. The predicted octanol–water partition coefficient (Wildman–Crippen LogP) is 5.16. The molecular weight excluding hydrogens is 322 g/mol. The lowest BCUT2D eigenvalue weighted by Gasteiger charge is -2.26. The standard InChI is InChI=1S/C19H24BrN/c1-19(2,3)21-14-17(16-9-5-4-6-10-16)12-15-8-7-11-18(20)13-15/h4-11,13,17,21H,12,14H2,1-3H3. The molecular formula is C19H24BrN. The molecule has 0 saturated heterocycles. The smallest absolute Gasteiger partial charge is 0.0177 e. The minimum absolute atomic E-state index is 0.143. The van der Waals surface area contributed by atoms with Crippen molar-refractivity contribution >= 4 is 15.9 Å². The number of halogens is 1. The van der Waals surface area contributed by atoms with Gasteiger partial charge in [-0.1, -0.05) is 58.4 Å². The SMILES string of the molecule is CC(C)(C)NCC(Cc1cccc(Br)c1)c1ccccc1. The van der Waals surface area contributed by atoms with Crippen LogP contribution in [0.4, 0.5) is 0 Å². The maximum Gasteiger partial charge on any atom is 0.0177 e. The monoisotopic (exact) mass is 345 g/mol. The molecule has 1 nitrogen and oxygen atoms in total. The van der Waals surface area contributed by atoms with Crippen LogP contribution in [0.2, 0.25) is 0 Å². The van der Waals surface area contributed by atoms with Crippen molar-refractivity contribution in [1.82, 2.24) is 5.32 Å². The van der Waals surface area contributed by atoms with Crippen molar-refractivity contribution in [3.63, 3.8) is 0 Å². The largest absolute Gasteiger partial charge is 0.311 e. The summed E-state index contributed by atoms with van der Waals surface area (Å²) in [6.07, 6.45) is 1.05. The zero-order valence-electron chi connectivity index (χ0n) is 13.1. The molecule has 1 unspecified atom stereocenters. The van der Waals surface area contributed by atoms with Gasteiger partial charge in [0.15, 0.2) is 0 Å². The molecule has 0 radical (unpaired) electrons. The Bertz CT molecular complexity index is 557. The van der Waals surface area contributed by atoms with Crippen LogP contribution in [0.1, 0.15) is 37.8 Å². The van der Waals surface area contributed by atoms with Crippen molar-refractivity contribution in [3.05, 3.63) is 70.2 Å². The van der Waals surface area contributed by atoms with Crippen LogP contribution in [0.5, 0.6) is 0 Å². The van der Waals surface area contributed by atoms with E-state index >= 15 is 0 Å². The fraction of sp³-hybridized carbons (Fsp3) is 0.368. The molecule has 1 N–H and O–H groups in total. The Hall–Kier alpha value is -1.12. The molecule has 0 aromatic heterocycles. The van der Waals surface area contributed by atoms with Gasteiger partial charge in [0.25, 0.3) is 0 Å². The van der Waals surface area contributed by atoms with E-state index in [4.69, 9.17) is 0 Å². The average Bonchev–Trinajstić information content (AvgIpc) is 2.43. The van der Waals surface area contributed by atoms with Crippen LogP contribution < -0.4 is 5.32 Å². The topological polar surface area (TPSA) is 12.0 Å². The number of hydrogen-bond donors (Lipinski definition) is 1. The fourth-order valence-electron chi connectivity index (χ4n) is 2.41. The summed E-state index contributed by atoms with van der Waals surface area (Å²) in [5, 5.41) is 3.64. The lowest BCUT2D eigenvalue weighted by Crippen LogP contribution is -2.39. The highest BCUT2D eigenvalue weighted by atomic mass is 79.9. The van der Waals surface area contributed by atoms with Crippen molar-refractivity contribution in [2.75, 3.05) is 6.54 Å². The second-order valence-corrected chi connectivity index (χ2v) is 7.49. The summed E-state index contributed by atoms with van der Waals surface area (Å²) < 4.78 is 1.15. The van der Waals surface area contributed by atoms with Gasteiger partial charge in [0, 0.05) is 22.5 Å². The van der Waals surface area contributed by atoms with Gasteiger partial charge < -0.3 is 5.32 Å². The number of rotatable bonds is 5. The highest BCUT2D eigenvalue weighted by Gasteiger charge is 2.16. The summed E-state index contributed by atoms with van der Waals surface area (Å²) in [6.45, 7) is 7.64. The Balaban J connectivity index is 2.16. The number of hydrogen-bond acceptors (Lipinski definition) is 1. The van der Waals surface area contributed by atoms with Gasteiger partial charge in [-0.15, -0.1) is 0 Å². The maximum atomic E-state index is 3.64. The fourth-order valence-corrected chi connectivity index (χ4v) is 2.86. The van der Waals surface area contributed by atoms with Gasteiger partial charge in [-0.05, 0) is 50.5 Å². The molecule has 0 aliphatic rings. The van der Waals surface area contributed by atoms with E-state index < -0.39 is 0 Å². The quantitative estimate of drug-likeness (QED) is 0.788. The summed E-state index contributed by atoms with van der Waals surface area (Å²) in [7, 11) is 0. The van der Waals surface area contributed by atoms with Gasteiger partial charge in [0.1, 0.15) is 0 Å². The van der Waals surface area contributed by atoms with E-state index in [1.54, 1.807) is 0 Å². The minimum atomic E-state index is 0.143. The predicted molar refractivity (Wildman–Crippen MR) is 94.8 cm³/mol. The number of nitrogens with one attached hydrogen (secondary N) is 1. The second kappa shape index (κ2) is 7.24. The van der Waals surface area contributed by atoms with Crippen LogP contribution in [0, 0.1) is 0 Å². The van der Waals surface area contributed by atoms with Gasteiger partial charge in [0.2, 0.25) is 0 Å². The van der Waals surface area contributed by atoms with Crippen molar-refractivity contribution in [3.8, 4) is 0 Å². The van der Waals surface area contributed by atoms with Crippen molar-refractivity contribution in [2.24, 2.45) is 0 Å². The molecule has 1 atom stereocenters. The molecule has 2 aromatic rings. The van der Waals surface area contributed by atoms with Gasteiger partial charge in [-0.2, -0.15) is 0 Å². The van der Waals surface area contributed by atoms with E-state index in [1.807, 2.05) is 0 Å². The molecule has 0 aliphatic carbocycles. The zero-order chi connectivity index (χ0) is 15.3. The first-order chi connectivity index (χ1) is 9.94. The highest BCUT2D eigenvalue weighted by Crippen LogP contribution is 2.23. The molecule has 0 aliphatic heterocycles. The van der Waals surface area contributed by atoms with E-state index in [1.165, 1.54) is 11.1 Å². The zero-order valence-corrected chi connectivity index (χ0v) is 14.7. The Morgan fingerprint density at radius 3 is 2.33 bits per heavy atom. The first kappa shape index (κ1) is 16.3. The van der Waals surface area contributed by atoms with Crippen molar-refractivity contribution < 1.29 is 0 Å². The molecule has 2 heteroatoms.